The van der Waals surface area contributed by atoms with Crippen LogP contribution in [0.5, 0.6) is 34.5 Å². The van der Waals surface area contributed by atoms with Crippen molar-refractivity contribution >= 4 is 91.3 Å². The predicted octanol–water partition coefficient (Wildman–Crippen LogP) is 12.4. The second kappa shape index (κ2) is 20.3. The Kier molecular flexibility index (Phi) is 14.4. The third-order valence-corrected chi connectivity index (χ3v) is 11.8. The van der Waals surface area contributed by atoms with Crippen LogP contribution in [0.15, 0.2) is 91.3 Å². The van der Waals surface area contributed by atoms with Gasteiger partial charge >= 0.3 is 0 Å². The molecule has 0 fully saturated rings. The molecule has 8 rings (SSSR count). The number of halogens is 3. The lowest BCUT2D eigenvalue weighted by atomic mass is 10.0. The summed E-state index contributed by atoms with van der Waals surface area (Å²) in [6.45, 7) is 3.74. The smallest absolute Gasteiger partial charge is 0.293 e. The number of nitrogens with one attached hydrogen (secondary N) is 2. The molecule has 0 saturated heterocycles. The van der Waals surface area contributed by atoms with Crippen molar-refractivity contribution < 1.29 is 34.8 Å². The van der Waals surface area contributed by atoms with E-state index in [4.69, 9.17) is 69.0 Å². The second-order valence-corrected chi connectivity index (χ2v) is 15.7. The summed E-state index contributed by atoms with van der Waals surface area (Å²) in [6.07, 6.45) is 3.34. The molecule has 2 aromatic heterocycles. The van der Waals surface area contributed by atoms with E-state index in [2.05, 4.69) is 30.6 Å². The largest absolute Gasteiger partial charge is 0.497 e. The number of fused-ring (bicyclic) bond motifs is 2. The van der Waals surface area contributed by atoms with E-state index >= 15 is 0 Å². The van der Waals surface area contributed by atoms with Crippen molar-refractivity contribution in [1.29, 1.82) is 0 Å². The van der Waals surface area contributed by atoms with Crippen molar-refractivity contribution in [3.8, 4) is 56.8 Å². The van der Waals surface area contributed by atoms with Crippen molar-refractivity contribution in [2.75, 3.05) is 59.0 Å². The maximum atomic E-state index is 11.4. The van der Waals surface area contributed by atoms with E-state index in [1.165, 1.54) is 27.4 Å². The van der Waals surface area contributed by atoms with Crippen molar-refractivity contribution in [2.24, 2.45) is 0 Å². The zero-order chi connectivity index (χ0) is 48.1. The SMILES string of the molecule is COc1cc(OC)c(Cl)c(-c2cc3cnc(Nc4c(C)cccc4[N+](=O)[O-])nc3cc2OC)c1.COc1cc2nc(Nc3c(C)cccc3N)ncc2cc1-c1c(Cl)c(OC)cc(OC)c1Cl.[HH]. The van der Waals surface area contributed by atoms with Gasteiger partial charge in [-0.15, -0.1) is 0 Å². The minimum Gasteiger partial charge on any atom is -0.497 e. The Morgan fingerprint density at radius 3 is 1.60 bits per heavy atom. The van der Waals surface area contributed by atoms with Gasteiger partial charge in [-0.2, -0.15) is 0 Å². The van der Waals surface area contributed by atoms with Gasteiger partial charge in [-0.25, -0.2) is 19.9 Å². The Labute approximate surface area is 401 Å². The van der Waals surface area contributed by atoms with E-state index in [1.807, 2.05) is 37.3 Å². The molecule has 0 aliphatic heterocycles. The summed E-state index contributed by atoms with van der Waals surface area (Å²) >= 11 is 19.8. The Bertz CT molecular complexity index is 3150. The van der Waals surface area contributed by atoms with E-state index < -0.39 is 4.92 Å². The lowest BCUT2D eigenvalue weighted by Crippen LogP contribution is -2.02. The number of nitrogens with two attached hydrogens (primary N) is 1. The summed E-state index contributed by atoms with van der Waals surface area (Å²) in [5.41, 5.74) is 13.3. The number of nitrogens with zero attached hydrogens (tertiary/aromatic N) is 5. The molecule has 19 heteroatoms. The molecule has 4 N–H and O–H groups in total. The molecule has 0 aliphatic carbocycles. The highest BCUT2D eigenvalue weighted by Crippen LogP contribution is 2.49. The van der Waals surface area contributed by atoms with Gasteiger partial charge < -0.3 is 44.8 Å². The van der Waals surface area contributed by atoms with Crippen molar-refractivity contribution in [3.63, 3.8) is 0 Å². The molecule has 0 spiro atoms. The number of benzene rings is 6. The van der Waals surface area contributed by atoms with Gasteiger partial charge in [0.2, 0.25) is 11.9 Å². The van der Waals surface area contributed by atoms with E-state index in [0.29, 0.717) is 106 Å². The number of para-hydroxylation sites is 2. The number of ether oxygens (including phenoxy) is 6. The average molecular weight is 968 g/mol. The highest BCUT2D eigenvalue weighted by molar-refractivity contribution is 6.41. The summed E-state index contributed by atoms with van der Waals surface area (Å²) in [5.74, 6) is 3.60. The van der Waals surface area contributed by atoms with Gasteiger partial charge in [0.15, 0.2) is 0 Å². The number of hydrogen-bond donors (Lipinski definition) is 3. The summed E-state index contributed by atoms with van der Waals surface area (Å²) in [6, 6.07) is 22.9. The van der Waals surface area contributed by atoms with Gasteiger partial charge in [-0.05, 0) is 49.2 Å². The fraction of sp³-hybridized carbons (Fsp3) is 0.167. The number of methoxy groups -OCH3 is 6. The number of aromatic nitrogens is 4. The molecule has 6 aromatic carbocycles. The van der Waals surface area contributed by atoms with Crippen LogP contribution in [0.4, 0.5) is 34.6 Å². The fourth-order valence-corrected chi connectivity index (χ4v) is 8.18. The third kappa shape index (κ3) is 9.72. The van der Waals surface area contributed by atoms with Gasteiger partial charge in [0.05, 0.1) is 85.1 Å². The molecule has 0 amide bonds. The highest BCUT2D eigenvalue weighted by Gasteiger charge is 2.23. The summed E-state index contributed by atoms with van der Waals surface area (Å²) in [5, 5.41) is 20.2. The minimum atomic E-state index is -0.447. The number of aryl methyl sites for hydroxylation is 2. The Morgan fingerprint density at radius 1 is 0.582 bits per heavy atom. The molecule has 8 aromatic rings. The molecule has 0 radical (unpaired) electrons. The van der Waals surface area contributed by atoms with Crippen molar-refractivity contribution in [1.82, 2.24) is 19.9 Å². The molecule has 2 heterocycles. The number of nitro benzene ring substituents is 1. The Hall–Kier alpha value is -7.53. The molecule has 0 saturated carbocycles. The second-order valence-electron chi connectivity index (χ2n) is 14.6. The van der Waals surface area contributed by atoms with E-state index in [1.54, 1.807) is 83.1 Å². The standard InChI is InChI=1S/C24H22Cl2N4O3.C24H21ClN4O5.H2/c1-12-6-5-7-15(27)23(12)30-24-28-11-13-8-14(17(31-2)9-16(13)29-24)20-21(25)18(32-3)10-19(33-4)22(20)26;1-13-6-5-7-19(29(30)31)23(13)28-24-26-12-14-8-16(20(33-3)11-18(14)27-24)17-9-15(32-2)10-21(34-4)22(17)25;/h5-11H,27H2,1-4H3,(H,28,29,30);5-12H,1-4H3,(H,26,27,28);1H. The van der Waals surface area contributed by atoms with E-state index in [0.717, 1.165) is 22.0 Å². The van der Waals surface area contributed by atoms with Crippen molar-refractivity contribution in [2.45, 2.75) is 13.8 Å². The molecule has 346 valence electrons. The summed E-state index contributed by atoms with van der Waals surface area (Å²) in [7, 11) is 9.26. The topological polar surface area (TPSA) is 200 Å². The molecule has 0 aliphatic rings. The third-order valence-electron chi connectivity index (χ3n) is 10.6. The fourth-order valence-electron chi connectivity index (χ4n) is 7.19. The van der Waals surface area contributed by atoms with Crippen LogP contribution in [0.25, 0.3) is 44.1 Å². The maximum absolute atomic E-state index is 11.4. The van der Waals surface area contributed by atoms with Crippen LogP contribution >= 0.6 is 34.8 Å². The first-order valence-corrected chi connectivity index (χ1v) is 21.2. The number of nitro groups is 1. The summed E-state index contributed by atoms with van der Waals surface area (Å²) in [4.78, 5) is 29.0. The van der Waals surface area contributed by atoms with E-state index in [9.17, 15) is 10.1 Å². The van der Waals surface area contributed by atoms with Crippen LogP contribution in [0.2, 0.25) is 15.1 Å². The maximum Gasteiger partial charge on any atom is 0.293 e. The zero-order valence-corrected chi connectivity index (χ0v) is 39.6. The number of nitrogen functional groups attached to an aromatic ring is 1. The zero-order valence-electron chi connectivity index (χ0n) is 37.4. The molecule has 0 atom stereocenters. The van der Waals surface area contributed by atoms with Crippen LogP contribution in [0.1, 0.15) is 12.6 Å². The first-order valence-electron chi connectivity index (χ1n) is 20.1. The highest BCUT2D eigenvalue weighted by atomic mass is 35.5. The van der Waals surface area contributed by atoms with Crippen LogP contribution in [0, 0.1) is 24.0 Å². The van der Waals surface area contributed by atoms with Gasteiger partial charge in [0.1, 0.15) is 40.2 Å². The Morgan fingerprint density at radius 2 is 1.07 bits per heavy atom. The molecule has 16 nitrogen and oxygen atoms in total. The molecule has 0 unspecified atom stereocenters. The van der Waals surface area contributed by atoms with Gasteiger partial charge in [0.25, 0.3) is 5.69 Å². The molecular weight excluding hydrogens is 923 g/mol. The number of anilines is 5. The minimum absolute atomic E-state index is 0. The van der Waals surface area contributed by atoms with Crippen molar-refractivity contribution in [3.05, 3.63) is 128 Å². The van der Waals surface area contributed by atoms with Crippen LogP contribution in [-0.2, 0) is 0 Å². The van der Waals surface area contributed by atoms with Crippen LogP contribution in [-0.4, -0.2) is 67.5 Å². The monoisotopic (exact) mass is 966 g/mol. The number of hydrogen-bond acceptors (Lipinski definition) is 15. The summed E-state index contributed by atoms with van der Waals surface area (Å²) < 4.78 is 32.9. The predicted molar refractivity (Wildman–Crippen MR) is 266 cm³/mol. The van der Waals surface area contributed by atoms with Gasteiger partial charge in [-0.1, -0.05) is 59.1 Å². The normalized spacial score (nSPS) is 10.8. The van der Waals surface area contributed by atoms with Crippen LogP contribution in [0.3, 0.4) is 0 Å². The average Bonchev–Trinajstić information content (AvgIpc) is 3.33. The quantitative estimate of drug-likeness (QED) is 0.0559. The molecular formula is C48H45Cl3N8O8. The lowest BCUT2D eigenvalue weighted by Gasteiger charge is -2.17. The number of rotatable bonds is 13. The Balaban J connectivity index is 0.000000221. The van der Waals surface area contributed by atoms with Crippen LogP contribution < -0.4 is 44.8 Å². The molecule has 0 bridgehead atoms. The molecule has 67 heavy (non-hydrogen) atoms. The van der Waals surface area contributed by atoms with Gasteiger partial charge in [-0.3, -0.25) is 10.1 Å². The first kappa shape index (κ1) is 47.4. The first-order chi connectivity index (χ1) is 32.2. The van der Waals surface area contributed by atoms with E-state index in [-0.39, 0.29) is 13.1 Å². The lowest BCUT2D eigenvalue weighted by molar-refractivity contribution is -0.384. The van der Waals surface area contributed by atoms with Gasteiger partial charge in [0, 0.05) is 77.2 Å².